The molecule has 0 spiro atoms. The van der Waals surface area contributed by atoms with Gasteiger partial charge in [-0.1, -0.05) is 60.7 Å². The molecule has 0 radical (unpaired) electrons. The number of piperazine rings is 1. The molecule has 0 saturated carbocycles. The van der Waals surface area contributed by atoms with Crippen molar-refractivity contribution in [3.63, 3.8) is 0 Å². The van der Waals surface area contributed by atoms with Crippen molar-refractivity contribution in [2.75, 3.05) is 39.3 Å². The lowest BCUT2D eigenvalue weighted by molar-refractivity contribution is -0.137. The Bertz CT molecular complexity index is 756. The van der Waals surface area contributed by atoms with Crippen LogP contribution in [0.15, 0.2) is 72.4 Å². The van der Waals surface area contributed by atoms with Crippen LogP contribution >= 0.6 is 0 Å². The Labute approximate surface area is 180 Å². The molecule has 1 aliphatic heterocycles. The van der Waals surface area contributed by atoms with E-state index >= 15 is 0 Å². The van der Waals surface area contributed by atoms with Crippen molar-refractivity contribution in [3.8, 4) is 0 Å². The molecule has 0 aromatic heterocycles. The van der Waals surface area contributed by atoms with Gasteiger partial charge in [0.1, 0.15) is 0 Å². The largest absolute Gasteiger partial charge is 0.462 e. The maximum absolute atomic E-state index is 11.5. The van der Waals surface area contributed by atoms with Gasteiger partial charge in [-0.15, -0.1) is 0 Å². The lowest BCUT2D eigenvalue weighted by Gasteiger charge is -2.39. The van der Waals surface area contributed by atoms with E-state index in [4.69, 9.17) is 10.5 Å². The van der Waals surface area contributed by atoms with Crippen LogP contribution in [0, 0.1) is 0 Å². The van der Waals surface area contributed by atoms with Crippen LogP contribution in [0.25, 0.3) is 0 Å². The number of ether oxygens (including phenoxy) is 1. The third kappa shape index (κ3) is 6.71. The summed E-state index contributed by atoms with van der Waals surface area (Å²) in [6.07, 6.45) is 3.23. The summed E-state index contributed by atoms with van der Waals surface area (Å²) in [6.45, 7) is 7.39. The fourth-order valence-corrected chi connectivity index (χ4v) is 3.97. The van der Waals surface area contributed by atoms with Gasteiger partial charge in [-0.25, -0.2) is 4.79 Å². The quantitative estimate of drug-likeness (QED) is 0.391. The van der Waals surface area contributed by atoms with Crippen LogP contribution in [-0.2, 0) is 9.53 Å². The average molecular weight is 408 g/mol. The van der Waals surface area contributed by atoms with Crippen LogP contribution in [0.3, 0.4) is 0 Å². The van der Waals surface area contributed by atoms with E-state index < -0.39 is 0 Å². The molecule has 2 N–H and O–H groups in total. The number of nitrogens with two attached hydrogens (primary N) is 1. The number of allylic oxidation sites excluding steroid dienone is 1. The van der Waals surface area contributed by atoms with E-state index in [2.05, 4.69) is 70.5 Å². The minimum atomic E-state index is -0.350. The summed E-state index contributed by atoms with van der Waals surface area (Å²) in [7, 11) is 0. The molecule has 160 valence electrons. The molecule has 0 atom stereocenters. The third-order valence-corrected chi connectivity index (χ3v) is 5.46. The first kappa shape index (κ1) is 22.1. The van der Waals surface area contributed by atoms with Gasteiger partial charge in [-0.3, -0.25) is 4.90 Å². The summed E-state index contributed by atoms with van der Waals surface area (Å²) < 4.78 is 5.17. The van der Waals surface area contributed by atoms with E-state index in [1.165, 1.54) is 17.2 Å². The summed E-state index contributed by atoms with van der Waals surface area (Å²) in [5.74, 6) is -0.350. The Hall–Kier alpha value is -2.63. The minimum absolute atomic E-state index is 0.299. The molecule has 3 rings (SSSR count). The predicted molar refractivity (Wildman–Crippen MR) is 121 cm³/mol. The number of esters is 1. The van der Waals surface area contributed by atoms with Crippen molar-refractivity contribution < 1.29 is 9.53 Å². The molecule has 0 aliphatic carbocycles. The fraction of sp³-hybridized carbons (Fsp3) is 0.400. The molecule has 2 aromatic rings. The standard InChI is InChI=1S/C25H33N3O2/c1-21(26)20-24(29)30-19-9-8-14-27-15-17-28(18-16-27)25(22-10-4-2-5-11-22)23-12-6-3-7-13-23/h2-7,10-13,20,25H,8-9,14-19,26H2,1H3. The summed E-state index contributed by atoms with van der Waals surface area (Å²) in [6, 6.07) is 21.9. The van der Waals surface area contributed by atoms with Crippen LogP contribution in [0.4, 0.5) is 0 Å². The van der Waals surface area contributed by atoms with Crippen LogP contribution in [0.1, 0.15) is 36.9 Å². The monoisotopic (exact) mass is 407 g/mol. The maximum atomic E-state index is 11.5. The normalized spacial score (nSPS) is 16.0. The first-order valence-corrected chi connectivity index (χ1v) is 10.8. The van der Waals surface area contributed by atoms with Gasteiger partial charge in [0.2, 0.25) is 0 Å². The summed E-state index contributed by atoms with van der Waals surface area (Å²) in [4.78, 5) is 16.6. The van der Waals surface area contributed by atoms with Crippen LogP contribution in [0.2, 0.25) is 0 Å². The zero-order valence-corrected chi connectivity index (χ0v) is 17.9. The van der Waals surface area contributed by atoms with Gasteiger partial charge in [-0.05, 0) is 37.4 Å². The first-order chi connectivity index (χ1) is 14.6. The molecule has 5 nitrogen and oxygen atoms in total. The van der Waals surface area contributed by atoms with Gasteiger partial charge in [0.25, 0.3) is 0 Å². The molecular weight excluding hydrogens is 374 g/mol. The number of rotatable bonds is 9. The van der Waals surface area contributed by atoms with Crippen LogP contribution in [-0.4, -0.2) is 55.1 Å². The Morgan fingerprint density at radius 2 is 1.53 bits per heavy atom. The summed E-state index contributed by atoms with van der Waals surface area (Å²) >= 11 is 0. The minimum Gasteiger partial charge on any atom is -0.462 e. The molecule has 2 aromatic carbocycles. The van der Waals surface area contributed by atoms with Gasteiger partial charge < -0.3 is 15.4 Å². The van der Waals surface area contributed by atoms with Crippen molar-refractivity contribution in [1.82, 2.24) is 9.80 Å². The van der Waals surface area contributed by atoms with Crippen molar-refractivity contribution in [1.29, 1.82) is 0 Å². The second-order valence-corrected chi connectivity index (χ2v) is 7.86. The number of nitrogens with zero attached hydrogens (tertiary/aromatic N) is 2. The van der Waals surface area contributed by atoms with E-state index in [-0.39, 0.29) is 5.97 Å². The fourth-order valence-electron chi connectivity index (χ4n) is 3.97. The molecule has 0 bridgehead atoms. The third-order valence-electron chi connectivity index (χ3n) is 5.46. The van der Waals surface area contributed by atoms with E-state index in [0.29, 0.717) is 18.3 Å². The van der Waals surface area contributed by atoms with Gasteiger partial charge >= 0.3 is 5.97 Å². The predicted octanol–water partition coefficient (Wildman–Crippen LogP) is 3.58. The lowest BCUT2D eigenvalue weighted by Crippen LogP contribution is -2.48. The average Bonchev–Trinajstić information content (AvgIpc) is 2.76. The van der Waals surface area contributed by atoms with Crippen molar-refractivity contribution in [3.05, 3.63) is 83.6 Å². The highest BCUT2D eigenvalue weighted by Gasteiger charge is 2.26. The molecule has 1 heterocycles. The number of benzene rings is 2. The SMILES string of the molecule is CC(N)=CC(=O)OCCCCN1CCN(C(c2ccccc2)c2ccccc2)CC1. The number of carbonyl (C=O) groups is 1. The number of hydrogen-bond acceptors (Lipinski definition) is 5. The van der Waals surface area contributed by atoms with Gasteiger partial charge in [0.15, 0.2) is 0 Å². The summed E-state index contributed by atoms with van der Waals surface area (Å²) in [5.41, 5.74) is 8.65. The number of hydrogen-bond donors (Lipinski definition) is 1. The van der Waals surface area contributed by atoms with E-state index in [1.807, 2.05) is 0 Å². The maximum Gasteiger partial charge on any atom is 0.332 e. The Morgan fingerprint density at radius 1 is 0.967 bits per heavy atom. The van der Waals surface area contributed by atoms with E-state index in [0.717, 1.165) is 45.6 Å². The molecule has 0 amide bonds. The topological polar surface area (TPSA) is 58.8 Å². The smallest absolute Gasteiger partial charge is 0.332 e. The molecular formula is C25H33N3O2. The Morgan fingerprint density at radius 3 is 2.07 bits per heavy atom. The summed E-state index contributed by atoms with van der Waals surface area (Å²) in [5, 5.41) is 0. The second-order valence-electron chi connectivity index (χ2n) is 7.86. The molecule has 1 aliphatic rings. The first-order valence-electron chi connectivity index (χ1n) is 10.8. The second kappa shape index (κ2) is 11.5. The van der Waals surface area contributed by atoms with Crippen molar-refractivity contribution in [2.24, 2.45) is 5.73 Å². The Kier molecular flexibility index (Phi) is 8.48. The number of carbonyl (C=O) groups excluding carboxylic acids is 1. The lowest BCUT2D eigenvalue weighted by atomic mass is 9.96. The Balaban J connectivity index is 1.46. The zero-order valence-electron chi connectivity index (χ0n) is 17.9. The highest BCUT2D eigenvalue weighted by molar-refractivity contribution is 5.82. The van der Waals surface area contributed by atoms with E-state index in [1.54, 1.807) is 6.92 Å². The zero-order chi connectivity index (χ0) is 21.2. The molecule has 5 heteroatoms. The molecule has 0 unspecified atom stereocenters. The van der Waals surface area contributed by atoms with Crippen molar-refractivity contribution in [2.45, 2.75) is 25.8 Å². The molecule has 1 saturated heterocycles. The highest BCUT2D eigenvalue weighted by atomic mass is 16.5. The van der Waals surface area contributed by atoms with Crippen molar-refractivity contribution >= 4 is 5.97 Å². The number of unbranched alkanes of at least 4 members (excludes halogenated alkanes) is 1. The van der Waals surface area contributed by atoms with Gasteiger partial charge in [0, 0.05) is 38.0 Å². The van der Waals surface area contributed by atoms with Gasteiger partial charge in [0.05, 0.1) is 12.6 Å². The van der Waals surface area contributed by atoms with Gasteiger partial charge in [-0.2, -0.15) is 0 Å². The van der Waals surface area contributed by atoms with Crippen LogP contribution in [0.5, 0.6) is 0 Å². The van der Waals surface area contributed by atoms with E-state index in [9.17, 15) is 4.79 Å². The highest BCUT2D eigenvalue weighted by Crippen LogP contribution is 2.29. The molecule has 1 fully saturated rings. The molecule has 30 heavy (non-hydrogen) atoms. The van der Waals surface area contributed by atoms with Crippen LogP contribution < -0.4 is 5.73 Å².